The molecule has 1 heterocycles. The van der Waals surface area contributed by atoms with Crippen molar-refractivity contribution in [3.05, 3.63) is 28.5 Å². The highest BCUT2D eigenvalue weighted by Gasteiger charge is 2.06. The molecule has 0 radical (unpaired) electrons. The monoisotopic (exact) mass is 277 g/mol. The third-order valence-electron chi connectivity index (χ3n) is 3.07. The molecular weight excluding hydrogens is 258 g/mol. The molecule has 2 rings (SSSR count). The van der Waals surface area contributed by atoms with Crippen molar-refractivity contribution in [2.75, 3.05) is 6.54 Å². The van der Waals surface area contributed by atoms with Crippen molar-refractivity contribution in [2.24, 2.45) is 0 Å². The molecule has 2 aromatic rings. The maximum Gasteiger partial charge on any atom is 0.221 e. The fraction of sp³-hybridized carbons (Fsp3) is 0.429. The van der Waals surface area contributed by atoms with Crippen LogP contribution in [0, 0.1) is 11.7 Å². The summed E-state index contributed by atoms with van der Waals surface area (Å²) >= 11 is 5.31. The molecule has 0 spiro atoms. The Kier molecular flexibility index (Phi) is 4.37. The van der Waals surface area contributed by atoms with E-state index in [-0.39, 0.29) is 5.91 Å². The number of imidazole rings is 1. The van der Waals surface area contributed by atoms with Gasteiger partial charge in [-0.1, -0.05) is 13.0 Å². The summed E-state index contributed by atoms with van der Waals surface area (Å²) in [6.45, 7) is 5.43. The van der Waals surface area contributed by atoms with Crippen molar-refractivity contribution in [3.8, 4) is 0 Å². The van der Waals surface area contributed by atoms with Gasteiger partial charge < -0.3 is 14.9 Å². The maximum absolute atomic E-state index is 11.6. The van der Waals surface area contributed by atoms with Crippen molar-refractivity contribution in [2.45, 2.75) is 33.2 Å². The van der Waals surface area contributed by atoms with Crippen LogP contribution in [0.4, 0.5) is 0 Å². The minimum atomic E-state index is 0.0748. The van der Waals surface area contributed by atoms with Gasteiger partial charge in [0.2, 0.25) is 5.91 Å². The van der Waals surface area contributed by atoms with Gasteiger partial charge in [-0.15, -0.1) is 0 Å². The quantitative estimate of drug-likeness (QED) is 0.826. The smallest absolute Gasteiger partial charge is 0.221 e. The Hall–Kier alpha value is -1.62. The lowest BCUT2D eigenvalue weighted by Crippen LogP contribution is -2.25. The van der Waals surface area contributed by atoms with E-state index in [1.165, 1.54) is 5.56 Å². The number of hydrogen-bond donors (Lipinski definition) is 2. The number of rotatable bonds is 5. The zero-order valence-electron chi connectivity index (χ0n) is 11.3. The number of H-pyrrole nitrogens is 1. The van der Waals surface area contributed by atoms with E-state index >= 15 is 0 Å². The summed E-state index contributed by atoms with van der Waals surface area (Å²) in [4.78, 5) is 14.8. The average Bonchev–Trinajstić information content (AvgIpc) is 2.69. The van der Waals surface area contributed by atoms with Crippen molar-refractivity contribution in [1.82, 2.24) is 14.9 Å². The summed E-state index contributed by atoms with van der Waals surface area (Å²) in [5, 5.41) is 2.88. The topological polar surface area (TPSA) is 49.8 Å². The Balaban J connectivity index is 2.16. The fourth-order valence-corrected chi connectivity index (χ4v) is 2.35. The number of aromatic nitrogens is 2. The molecule has 0 saturated heterocycles. The summed E-state index contributed by atoms with van der Waals surface area (Å²) in [5.41, 5.74) is 3.27. The van der Waals surface area contributed by atoms with Gasteiger partial charge in [0.1, 0.15) is 0 Å². The predicted octanol–water partition coefficient (Wildman–Crippen LogP) is 2.92. The second kappa shape index (κ2) is 6.02. The highest BCUT2D eigenvalue weighted by molar-refractivity contribution is 7.71. The van der Waals surface area contributed by atoms with Gasteiger partial charge >= 0.3 is 0 Å². The summed E-state index contributed by atoms with van der Waals surface area (Å²) < 4.78 is 2.66. The van der Waals surface area contributed by atoms with Crippen LogP contribution in [0.2, 0.25) is 0 Å². The third kappa shape index (κ3) is 3.23. The number of aryl methyl sites for hydroxylation is 2. The predicted molar refractivity (Wildman–Crippen MR) is 79.8 cm³/mol. The van der Waals surface area contributed by atoms with E-state index in [1.54, 1.807) is 0 Å². The van der Waals surface area contributed by atoms with E-state index in [0.29, 0.717) is 17.7 Å². The molecule has 4 nitrogen and oxygen atoms in total. The Morgan fingerprint density at radius 2 is 2.26 bits per heavy atom. The van der Waals surface area contributed by atoms with Gasteiger partial charge in [0.25, 0.3) is 0 Å². The minimum Gasteiger partial charge on any atom is -0.356 e. The number of aromatic amines is 1. The van der Waals surface area contributed by atoms with Crippen LogP contribution in [0.1, 0.15) is 25.3 Å². The largest absolute Gasteiger partial charge is 0.356 e. The Morgan fingerprint density at radius 1 is 1.47 bits per heavy atom. The molecule has 0 aliphatic rings. The number of fused-ring (bicyclic) bond motifs is 1. The number of carbonyl (C=O) groups is 1. The highest BCUT2D eigenvalue weighted by Crippen LogP contribution is 2.16. The number of benzene rings is 1. The van der Waals surface area contributed by atoms with Crippen molar-refractivity contribution in [3.63, 3.8) is 0 Å². The van der Waals surface area contributed by atoms with Crippen LogP contribution in [0.5, 0.6) is 0 Å². The first-order chi connectivity index (χ1) is 9.11. The van der Waals surface area contributed by atoms with Crippen LogP contribution in [-0.2, 0) is 11.3 Å². The summed E-state index contributed by atoms with van der Waals surface area (Å²) in [6.07, 6.45) is 1.41. The Labute approximate surface area is 117 Å². The van der Waals surface area contributed by atoms with E-state index in [9.17, 15) is 4.79 Å². The molecule has 2 N–H and O–H groups in total. The summed E-state index contributed by atoms with van der Waals surface area (Å²) in [6, 6.07) is 6.16. The van der Waals surface area contributed by atoms with Crippen LogP contribution in [0.25, 0.3) is 11.0 Å². The second-order valence-corrected chi connectivity index (χ2v) is 5.09. The van der Waals surface area contributed by atoms with E-state index in [0.717, 1.165) is 24.0 Å². The zero-order chi connectivity index (χ0) is 13.8. The molecular formula is C14H19N3OS. The van der Waals surface area contributed by atoms with Crippen molar-refractivity contribution < 1.29 is 4.79 Å². The molecule has 102 valence electrons. The summed E-state index contributed by atoms with van der Waals surface area (Å²) in [7, 11) is 0. The second-order valence-electron chi connectivity index (χ2n) is 4.70. The lowest BCUT2D eigenvalue weighted by Gasteiger charge is -2.06. The molecule has 1 aromatic heterocycles. The van der Waals surface area contributed by atoms with Gasteiger partial charge in [-0.3, -0.25) is 4.79 Å². The fourth-order valence-electron chi connectivity index (χ4n) is 2.05. The van der Waals surface area contributed by atoms with Gasteiger partial charge in [-0.25, -0.2) is 0 Å². The molecule has 0 unspecified atom stereocenters. The van der Waals surface area contributed by atoms with Crippen molar-refractivity contribution >= 4 is 29.2 Å². The lowest BCUT2D eigenvalue weighted by atomic mass is 10.2. The first-order valence-corrected chi connectivity index (χ1v) is 6.98. The molecule has 0 saturated carbocycles. The van der Waals surface area contributed by atoms with Crippen LogP contribution in [-0.4, -0.2) is 22.0 Å². The van der Waals surface area contributed by atoms with E-state index in [1.807, 2.05) is 30.5 Å². The van der Waals surface area contributed by atoms with Crippen LogP contribution < -0.4 is 5.32 Å². The molecule has 0 aliphatic carbocycles. The van der Waals surface area contributed by atoms with Crippen molar-refractivity contribution in [1.29, 1.82) is 0 Å². The number of nitrogens with zero attached hydrogens (tertiary/aromatic N) is 1. The van der Waals surface area contributed by atoms with Gasteiger partial charge in [0, 0.05) is 19.5 Å². The highest BCUT2D eigenvalue weighted by atomic mass is 32.1. The van der Waals surface area contributed by atoms with Gasteiger partial charge in [-0.05, 0) is 43.3 Å². The SMILES string of the molecule is CCCNC(=O)CCn1c(=S)[nH]c2ccc(C)cc21. The van der Waals surface area contributed by atoms with E-state index in [2.05, 4.69) is 16.4 Å². The molecule has 0 atom stereocenters. The molecule has 19 heavy (non-hydrogen) atoms. The standard InChI is InChI=1S/C14H19N3OS/c1-3-7-15-13(18)6-8-17-12-9-10(2)4-5-11(12)16-14(17)19/h4-5,9H,3,6-8H2,1-2H3,(H,15,18)(H,16,19). The lowest BCUT2D eigenvalue weighted by molar-refractivity contribution is -0.121. The van der Waals surface area contributed by atoms with Crippen LogP contribution in [0.3, 0.4) is 0 Å². The first-order valence-electron chi connectivity index (χ1n) is 6.57. The van der Waals surface area contributed by atoms with Gasteiger partial charge in [0.15, 0.2) is 4.77 Å². The van der Waals surface area contributed by atoms with Gasteiger partial charge in [-0.2, -0.15) is 0 Å². The number of amides is 1. The molecule has 1 aromatic carbocycles. The zero-order valence-corrected chi connectivity index (χ0v) is 12.1. The van der Waals surface area contributed by atoms with Crippen LogP contribution >= 0.6 is 12.2 Å². The molecule has 0 bridgehead atoms. The minimum absolute atomic E-state index is 0.0748. The molecule has 5 heteroatoms. The molecule has 1 amide bonds. The number of carbonyl (C=O) groups excluding carboxylic acids is 1. The third-order valence-corrected chi connectivity index (χ3v) is 3.39. The van der Waals surface area contributed by atoms with Gasteiger partial charge in [0.05, 0.1) is 11.0 Å². The molecule has 0 aliphatic heterocycles. The Morgan fingerprint density at radius 3 is 3.00 bits per heavy atom. The molecule has 0 fully saturated rings. The Bertz CT molecular complexity index is 642. The maximum atomic E-state index is 11.6. The number of nitrogens with one attached hydrogen (secondary N) is 2. The normalized spacial score (nSPS) is 10.8. The number of hydrogen-bond acceptors (Lipinski definition) is 2. The van der Waals surface area contributed by atoms with E-state index < -0.39 is 0 Å². The van der Waals surface area contributed by atoms with Crippen LogP contribution in [0.15, 0.2) is 18.2 Å². The first kappa shape index (κ1) is 13.8. The summed E-state index contributed by atoms with van der Waals surface area (Å²) in [5.74, 6) is 0.0748. The average molecular weight is 277 g/mol. The van der Waals surface area contributed by atoms with E-state index in [4.69, 9.17) is 12.2 Å².